The van der Waals surface area contributed by atoms with Crippen LogP contribution in [0.2, 0.25) is 0 Å². The summed E-state index contributed by atoms with van der Waals surface area (Å²) in [6.45, 7) is 5.33. The predicted octanol–water partition coefficient (Wildman–Crippen LogP) is 0.479. The first kappa shape index (κ1) is 13.9. The van der Waals surface area contributed by atoms with Gasteiger partial charge in [0, 0.05) is 0 Å². The molecule has 0 aliphatic carbocycles. The lowest BCUT2D eigenvalue weighted by Gasteiger charge is -2.21. The van der Waals surface area contributed by atoms with Crippen molar-refractivity contribution in [2.24, 2.45) is 0 Å². The second kappa shape index (κ2) is 5.70. The lowest BCUT2D eigenvalue weighted by molar-refractivity contribution is -0.158. The lowest BCUT2D eigenvalue weighted by Crippen LogP contribution is -2.38. The topological polar surface area (TPSA) is 64.6 Å². The number of methoxy groups -OCH3 is 1. The summed E-state index contributed by atoms with van der Waals surface area (Å²) < 4.78 is 9.60. The van der Waals surface area contributed by atoms with Gasteiger partial charge >= 0.3 is 11.9 Å². The summed E-state index contributed by atoms with van der Waals surface area (Å²) in [5.74, 6) is -0.893. The highest BCUT2D eigenvalue weighted by molar-refractivity contribution is 5.82. The average Bonchev–Trinajstić information content (AvgIpc) is 2.10. The van der Waals surface area contributed by atoms with Crippen LogP contribution in [0.25, 0.3) is 0 Å². The fourth-order valence-corrected chi connectivity index (χ4v) is 0.995. The third kappa shape index (κ3) is 6.06. The fourth-order valence-electron chi connectivity index (χ4n) is 0.995. The van der Waals surface area contributed by atoms with E-state index in [2.05, 4.69) is 10.1 Å². The minimum Gasteiger partial charge on any atom is -0.468 e. The molecule has 0 bridgehead atoms. The van der Waals surface area contributed by atoms with Crippen LogP contribution in [0.4, 0.5) is 0 Å². The van der Waals surface area contributed by atoms with E-state index < -0.39 is 23.6 Å². The van der Waals surface area contributed by atoms with E-state index in [0.29, 0.717) is 0 Å². The van der Waals surface area contributed by atoms with Crippen molar-refractivity contribution in [1.29, 1.82) is 0 Å². The van der Waals surface area contributed by atoms with Gasteiger partial charge in [-0.2, -0.15) is 0 Å². The van der Waals surface area contributed by atoms with E-state index >= 15 is 0 Å². The highest BCUT2D eigenvalue weighted by atomic mass is 16.6. The molecule has 0 saturated heterocycles. The number of esters is 2. The summed E-state index contributed by atoms with van der Waals surface area (Å²) in [7, 11) is 2.87. The van der Waals surface area contributed by atoms with E-state index in [9.17, 15) is 9.59 Å². The SMILES string of the molecule is CNC(CC(=O)OC(C)(C)C)C(=O)OC. The Morgan fingerprint density at radius 2 is 1.87 bits per heavy atom. The highest BCUT2D eigenvalue weighted by Crippen LogP contribution is 2.09. The number of hydrogen-bond donors (Lipinski definition) is 1. The zero-order valence-corrected chi connectivity index (χ0v) is 9.92. The molecule has 1 N–H and O–H groups in total. The van der Waals surface area contributed by atoms with Crippen LogP contribution in [0.5, 0.6) is 0 Å². The summed E-state index contributed by atoms with van der Waals surface area (Å²) >= 11 is 0. The minimum absolute atomic E-state index is 0.0273. The van der Waals surface area contributed by atoms with Gasteiger partial charge in [0.1, 0.15) is 11.6 Å². The number of rotatable bonds is 4. The smallest absolute Gasteiger partial charge is 0.323 e. The Morgan fingerprint density at radius 3 is 2.20 bits per heavy atom. The van der Waals surface area contributed by atoms with Gasteiger partial charge in [-0.3, -0.25) is 9.59 Å². The Labute approximate surface area is 90.1 Å². The van der Waals surface area contributed by atoms with Crippen molar-refractivity contribution in [2.45, 2.75) is 38.8 Å². The minimum atomic E-state index is -0.648. The van der Waals surface area contributed by atoms with Crippen LogP contribution >= 0.6 is 0 Å². The zero-order valence-electron chi connectivity index (χ0n) is 9.92. The van der Waals surface area contributed by atoms with E-state index in [1.54, 1.807) is 27.8 Å². The largest absolute Gasteiger partial charge is 0.468 e. The summed E-state index contributed by atoms with van der Waals surface area (Å²) in [4.78, 5) is 22.5. The maximum absolute atomic E-state index is 11.4. The van der Waals surface area contributed by atoms with Gasteiger partial charge in [0.05, 0.1) is 13.5 Å². The first-order valence-corrected chi connectivity index (χ1v) is 4.77. The maximum Gasteiger partial charge on any atom is 0.323 e. The van der Waals surface area contributed by atoms with Crippen LogP contribution in [0, 0.1) is 0 Å². The summed E-state index contributed by atoms with van der Waals surface area (Å²) in [6, 6.07) is -0.648. The number of ether oxygens (including phenoxy) is 2. The van der Waals surface area contributed by atoms with Crippen LogP contribution in [0.3, 0.4) is 0 Å². The van der Waals surface area contributed by atoms with Gasteiger partial charge in [0.15, 0.2) is 0 Å². The van der Waals surface area contributed by atoms with Gasteiger partial charge in [-0.05, 0) is 27.8 Å². The van der Waals surface area contributed by atoms with Gasteiger partial charge in [-0.25, -0.2) is 0 Å². The predicted molar refractivity (Wildman–Crippen MR) is 55.3 cm³/mol. The molecule has 5 heteroatoms. The second-order valence-electron chi connectivity index (χ2n) is 4.15. The Hall–Kier alpha value is -1.10. The van der Waals surface area contributed by atoms with Crippen LogP contribution in [-0.4, -0.2) is 37.7 Å². The van der Waals surface area contributed by atoms with Crippen molar-refractivity contribution in [3.05, 3.63) is 0 Å². The van der Waals surface area contributed by atoms with Gasteiger partial charge < -0.3 is 14.8 Å². The number of nitrogens with one attached hydrogen (secondary N) is 1. The quantitative estimate of drug-likeness (QED) is 0.694. The molecule has 0 aromatic heterocycles. The van der Waals surface area contributed by atoms with E-state index in [1.807, 2.05) is 0 Å². The molecule has 0 rings (SSSR count). The molecule has 1 unspecified atom stereocenters. The number of carbonyl (C=O) groups is 2. The molecule has 0 aromatic carbocycles. The van der Waals surface area contributed by atoms with Gasteiger partial charge in [-0.1, -0.05) is 0 Å². The zero-order chi connectivity index (χ0) is 12.1. The molecule has 0 aliphatic heterocycles. The average molecular weight is 217 g/mol. The first-order chi connectivity index (χ1) is 6.80. The molecule has 0 heterocycles. The Kier molecular flexibility index (Phi) is 5.28. The molecule has 0 fully saturated rings. The number of hydrogen-bond acceptors (Lipinski definition) is 5. The van der Waals surface area contributed by atoms with Crippen molar-refractivity contribution in [3.8, 4) is 0 Å². The molecule has 1 atom stereocenters. The molecule has 0 amide bonds. The second-order valence-corrected chi connectivity index (χ2v) is 4.15. The number of likely N-dealkylation sites (N-methyl/N-ethyl adjacent to an activating group) is 1. The lowest BCUT2D eigenvalue weighted by atomic mass is 10.1. The molecular weight excluding hydrogens is 198 g/mol. The highest BCUT2D eigenvalue weighted by Gasteiger charge is 2.24. The van der Waals surface area contributed by atoms with Crippen LogP contribution in [-0.2, 0) is 19.1 Å². The normalized spacial score (nSPS) is 13.1. The van der Waals surface area contributed by atoms with Crippen molar-refractivity contribution in [2.75, 3.05) is 14.2 Å². The third-order valence-electron chi connectivity index (χ3n) is 1.62. The van der Waals surface area contributed by atoms with Crippen LogP contribution in [0.1, 0.15) is 27.2 Å². The van der Waals surface area contributed by atoms with Crippen molar-refractivity contribution in [1.82, 2.24) is 5.32 Å². The standard InChI is InChI=1S/C10H19NO4/c1-10(2,3)15-8(12)6-7(11-4)9(13)14-5/h7,11H,6H2,1-5H3. The maximum atomic E-state index is 11.4. The van der Waals surface area contributed by atoms with Gasteiger partial charge in [0.2, 0.25) is 0 Å². The van der Waals surface area contributed by atoms with E-state index in [1.165, 1.54) is 7.11 Å². The third-order valence-corrected chi connectivity index (χ3v) is 1.62. The monoisotopic (exact) mass is 217 g/mol. The molecular formula is C10H19NO4. The Morgan fingerprint density at radius 1 is 1.33 bits per heavy atom. The fraction of sp³-hybridized carbons (Fsp3) is 0.800. The summed E-state index contributed by atoms with van der Waals surface area (Å²) in [5, 5.41) is 2.69. The molecule has 0 saturated carbocycles. The molecule has 0 spiro atoms. The van der Waals surface area contributed by atoms with Crippen LogP contribution in [0.15, 0.2) is 0 Å². The van der Waals surface area contributed by atoms with Gasteiger partial charge in [-0.15, -0.1) is 0 Å². The molecule has 0 aromatic rings. The van der Waals surface area contributed by atoms with E-state index in [-0.39, 0.29) is 6.42 Å². The summed E-state index contributed by atoms with van der Waals surface area (Å²) in [5.41, 5.74) is -0.536. The Bertz CT molecular complexity index is 232. The van der Waals surface area contributed by atoms with Gasteiger partial charge in [0.25, 0.3) is 0 Å². The molecule has 0 radical (unpaired) electrons. The molecule has 5 nitrogen and oxygen atoms in total. The summed E-state index contributed by atoms with van der Waals surface area (Å²) in [6.07, 6.45) is -0.0273. The molecule has 0 aliphatic rings. The molecule has 88 valence electrons. The van der Waals surface area contributed by atoms with Crippen molar-refractivity contribution >= 4 is 11.9 Å². The van der Waals surface area contributed by atoms with E-state index in [0.717, 1.165) is 0 Å². The van der Waals surface area contributed by atoms with Crippen molar-refractivity contribution < 1.29 is 19.1 Å². The first-order valence-electron chi connectivity index (χ1n) is 4.77. The number of carbonyl (C=O) groups excluding carboxylic acids is 2. The van der Waals surface area contributed by atoms with Crippen molar-refractivity contribution in [3.63, 3.8) is 0 Å². The Balaban J connectivity index is 4.20. The molecule has 15 heavy (non-hydrogen) atoms. The van der Waals surface area contributed by atoms with E-state index in [4.69, 9.17) is 4.74 Å². The van der Waals surface area contributed by atoms with Crippen LogP contribution < -0.4 is 5.32 Å².